The maximum Gasteiger partial charge on any atom is 0.251 e. The lowest BCUT2D eigenvalue weighted by Crippen LogP contribution is -2.43. The molecule has 0 saturated carbocycles. The average molecular weight is 200 g/mol. The minimum atomic E-state index is -0.314. The molecule has 1 N–H and O–H groups in total. The molecule has 1 amide bonds. The van der Waals surface area contributed by atoms with Gasteiger partial charge in [0.1, 0.15) is 6.10 Å². The van der Waals surface area contributed by atoms with Crippen molar-refractivity contribution in [2.24, 2.45) is 0 Å². The van der Waals surface area contributed by atoms with Crippen LogP contribution in [-0.2, 0) is 9.53 Å². The molecular weight excluding hydrogens is 180 g/mol. The molecule has 1 saturated heterocycles. The van der Waals surface area contributed by atoms with Crippen LogP contribution in [0.25, 0.3) is 0 Å². The van der Waals surface area contributed by atoms with Crippen molar-refractivity contribution in [1.82, 2.24) is 10.2 Å². The van der Waals surface area contributed by atoms with E-state index in [0.29, 0.717) is 12.6 Å². The van der Waals surface area contributed by atoms with Gasteiger partial charge in [-0.2, -0.15) is 0 Å². The van der Waals surface area contributed by atoms with E-state index in [1.54, 1.807) is 4.90 Å². The first-order valence-electron chi connectivity index (χ1n) is 5.25. The molecule has 1 heterocycles. The quantitative estimate of drug-likeness (QED) is 0.706. The lowest BCUT2D eigenvalue weighted by Gasteiger charge is -2.26. The van der Waals surface area contributed by atoms with E-state index in [4.69, 9.17) is 4.74 Å². The Morgan fingerprint density at radius 3 is 2.93 bits per heavy atom. The van der Waals surface area contributed by atoms with Crippen molar-refractivity contribution >= 4 is 5.91 Å². The second-order valence-corrected chi connectivity index (χ2v) is 3.69. The molecule has 14 heavy (non-hydrogen) atoms. The molecule has 1 fully saturated rings. The number of nitrogens with zero attached hydrogens (tertiary/aromatic N) is 1. The Labute approximate surface area is 85.6 Å². The number of likely N-dealkylation sites (N-methyl/N-ethyl adjacent to an activating group) is 1. The number of nitrogens with one attached hydrogen (secondary N) is 1. The molecule has 0 spiro atoms. The zero-order valence-electron chi connectivity index (χ0n) is 9.25. The third kappa shape index (κ3) is 2.69. The lowest BCUT2D eigenvalue weighted by molar-refractivity contribution is -0.142. The molecule has 0 bridgehead atoms. The molecular formula is C10H20N2O2. The summed E-state index contributed by atoms with van der Waals surface area (Å²) in [7, 11) is 1.86. The van der Waals surface area contributed by atoms with Gasteiger partial charge in [-0.25, -0.2) is 0 Å². The van der Waals surface area contributed by atoms with Crippen LogP contribution in [0.5, 0.6) is 0 Å². The highest BCUT2D eigenvalue weighted by atomic mass is 16.5. The normalized spacial score (nSPS) is 23.5. The van der Waals surface area contributed by atoms with E-state index in [1.807, 2.05) is 20.9 Å². The fourth-order valence-electron chi connectivity index (χ4n) is 1.76. The summed E-state index contributed by atoms with van der Waals surface area (Å²) in [5.74, 6) is 0.0838. The van der Waals surface area contributed by atoms with Crippen LogP contribution in [0.4, 0.5) is 0 Å². The van der Waals surface area contributed by atoms with Gasteiger partial charge in [0.15, 0.2) is 0 Å². The summed E-state index contributed by atoms with van der Waals surface area (Å²) in [5, 5.41) is 3.24. The highest BCUT2D eigenvalue weighted by molar-refractivity contribution is 5.80. The summed E-state index contributed by atoms with van der Waals surface area (Å²) in [6.45, 7) is 6.21. The third-order valence-electron chi connectivity index (χ3n) is 2.69. The smallest absolute Gasteiger partial charge is 0.251 e. The monoisotopic (exact) mass is 200 g/mol. The zero-order valence-corrected chi connectivity index (χ0v) is 9.25. The molecule has 0 aromatic rings. The number of ether oxygens (including phenoxy) is 1. The van der Waals surface area contributed by atoms with Crippen molar-refractivity contribution in [3.8, 4) is 0 Å². The number of hydrogen-bond donors (Lipinski definition) is 1. The zero-order chi connectivity index (χ0) is 10.6. The summed E-state index contributed by atoms with van der Waals surface area (Å²) in [6.07, 6.45) is 0.728. The highest BCUT2D eigenvalue weighted by Gasteiger charge is 2.26. The van der Waals surface area contributed by atoms with Crippen LogP contribution >= 0.6 is 0 Å². The summed E-state index contributed by atoms with van der Waals surface area (Å²) >= 11 is 0. The molecule has 0 aromatic carbocycles. The Kier molecular flexibility index (Phi) is 4.35. The van der Waals surface area contributed by atoms with E-state index in [9.17, 15) is 4.79 Å². The van der Waals surface area contributed by atoms with Gasteiger partial charge in [-0.1, -0.05) is 0 Å². The Bertz CT molecular complexity index is 191. The number of hydrogen-bond acceptors (Lipinski definition) is 3. The Hall–Kier alpha value is -0.610. The topological polar surface area (TPSA) is 41.6 Å². The fraction of sp³-hybridized carbons (Fsp3) is 0.900. The predicted molar refractivity (Wildman–Crippen MR) is 55.1 cm³/mol. The third-order valence-corrected chi connectivity index (χ3v) is 2.69. The maximum absolute atomic E-state index is 11.8. The molecule has 1 aliphatic rings. The van der Waals surface area contributed by atoms with Crippen molar-refractivity contribution < 1.29 is 9.53 Å². The van der Waals surface area contributed by atoms with E-state index < -0.39 is 0 Å². The van der Waals surface area contributed by atoms with Crippen molar-refractivity contribution in [3.63, 3.8) is 0 Å². The number of rotatable bonds is 4. The van der Waals surface area contributed by atoms with Gasteiger partial charge in [0.05, 0.1) is 0 Å². The van der Waals surface area contributed by atoms with Crippen LogP contribution in [0, 0.1) is 0 Å². The van der Waals surface area contributed by atoms with Crippen molar-refractivity contribution in [3.05, 3.63) is 0 Å². The molecule has 2 atom stereocenters. The second-order valence-electron chi connectivity index (χ2n) is 3.69. The first-order chi connectivity index (χ1) is 6.66. The van der Waals surface area contributed by atoms with Crippen LogP contribution in [0.2, 0.25) is 0 Å². The van der Waals surface area contributed by atoms with Gasteiger partial charge >= 0.3 is 0 Å². The minimum absolute atomic E-state index is 0.0838. The van der Waals surface area contributed by atoms with Crippen LogP contribution in [0.15, 0.2) is 0 Å². The largest absolute Gasteiger partial charge is 0.369 e. The SMILES string of the molecule is CCOC(C)C(=O)N(C)C1CCNC1. The fourth-order valence-corrected chi connectivity index (χ4v) is 1.76. The van der Waals surface area contributed by atoms with Crippen LogP contribution in [-0.4, -0.2) is 49.7 Å². The Morgan fingerprint density at radius 2 is 2.43 bits per heavy atom. The van der Waals surface area contributed by atoms with Gasteiger partial charge in [0, 0.05) is 26.2 Å². The first-order valence-corrected chi connectivity index (χ1v) is 5.25. The van der Waals surface area contributed by atoms with Crippen molar-refractivity contribution in [2.75, 3.05) is 26.7 Å². The molecule has 0 aliphatic carbocycles. The van der Waals surface area contributed by atoms with Gasteiger partial charge in [0.2, 0.25) is 0 Å². The molecule has 2 unspecified atom stereocenters. The summed E-state index contributed by atoms with van der Waals surface area (Å²) in [4.78, 5) is 13.6. The van der Waals surface area contributed by atoms with Crippen LogP contribution in [0.1, 0.15) is 20.3 Å². The minimum Gasteiger partial charge on any atom is -0.369 e. The molecule has 1 rings (SSSR count). The summed E-state index contributed by atoms with van der Waals surface area (Å²) in [5.41, 5.74) is 0. The van der Waals surface area contributed by atoms with Crippen LogP contribution in [0.3, 0.4) is 0 Å². The van der Waals surface area contributed by atoms with Gasteiger partial charge in [0.25, 0.3) is 5.91 Å². The van der Waals surface area contributed by atoms with Crippen LogP contribution < -0.4 is 5.32 Å². The van der Waals surface area contributed by atoms with Gasteiger partial charge < -0.3 is 15.0 Å². The van der Waals surface area contributed by atoms with Crippen molar-refractivity contribution in [1.29, 1.82) is 0 Å². The average Bonchev–Trinajstić information content (AvgIpc) is 2.68. The Balaban J connectivity index is 2.42. The molecule has 1 aliphatic heterocycles. The number of amides is 1. The molecule has 82 valence electrons. The molecule has 4 heteroatoms. The van der Waals surface area contributed by atoms with Gasteiger partial charge in [-0.15, -0.1) is 0 Å². The van der Waals surface area contributed by atoms with E-state index in [1.165, 1.54) is 0 Å². The lowest BCUT2D eigenvalue weighted by atomic mass is 10.2. The maximum atomic E-state index is 11.8. The summed E-state index contributed by atoms with van der Waals surface area (Å²) < 4.78 is 5.27. The first kappa shape index (κ1) is 11.5. The highest BCUT2D eigenvalue weighted by Crippen LogP contribution is 2.08. The van der Waals surface area contributed by atoms with Gasteiger partial charge in [-0.3, -0.25) is 4.79 Å². The predicted octanol–water partition coefficient (Wildman–Crippen LogP) is 0.232. The van der Waals surface area contributed by atoms with E-state index in [2.05, 4.69) is 5.32 Å². The van der Waals surface area contributed by atoms with E-state index >= 15 is 0 Å². The van der Waals surface area contributed by atoms with Gasteiger partial charge in [-0.05, 0) is 26.8 Å². The number of carbonyl (C=O) groups is 1. The number of carbonyl (C=O) groups excluding carboxylic acids is 1. The molecule has 4 nitrogen and oxygen atoms in total. The standard InChI is InChI=1S/C10H20N2O2/c1-4-14-8(2)10(13)12(3)9-5-6-11-7-9/h8-9,11H,4-7H2,1-3H3. The van der Waals surface area contributed by atoms with Crippen molar-refractivity contribution in [2.45, 2.75) is 32.4 Å². The molecule has 0 radical (unpaired) electrons. The molecule has 0 aromatic heterocycles. The summed E-state index contributed by atoms with van der Waals surface area (Å²) in [6, 6.07) is 0.338. The van der Waals surface area contributed by atoms with E-state index in [-0.39, 0.29) is 12.0 Å². The van der Waals surface area contributed by atoms with E-state index in [0.717, 1.165) is 19.5 Å². The second kappa shape index (κ2) is 5.32. The Morgan fingerprint density at radius 1 is 1.71 bits per heavy atom.